The van der Waals surface area contributed by atoms with Gasteiger partial charge in [0.1, 0.15) is 0 Å². The van der Waals surface area contributed by atoms with E-state index in [1.54, 1.807) is 0 Å². The quantitative estimate of drug-likeness (QED) is 0.847. The van der Waals surface area contributed by atoms with Gasteiger partial charge >= 0.3 is 0 Å². The first kappa shape index (κ1) is 15.2. The molecule has 0 aliphatic carbocycles. The Bertz CT molecular complexity index is 387. The second-order valence-corrected chi connectivity index (χ2v) is 6.06. The van der Waals surface area contributed by atoms with Gasteiger partial charge in [0.05, 0.1) is 4.83 Å². The molecule has 1 N–H and O–H groups in total. The van der Waals surface area contributed by atoms with Gasteiger partial charge in [0.15, 0.2) is 0 Å². The maximum absolute atomic E-state index is 11.9. The number of anilines is 1. The Hall–Kier alpha value is -0.870. The number of alkyl halides is 1. The van der Waals surface area contributed by atoms with Crippen LogP contribution in [-0.2, 0) is 11.3 Å². The highest BCUT2D eigenvalue weighted by Crippen LogP contribution is 2.16. The minimum absolute atomic E-state index is 0.00496. The first-order chi connectivity index (χ1) is 8.40. The summed E-state index contributed by atoms with van der Waals surface area (Å²) in [5.41, 5.74) is 2.07. The van der Waals surface area contributed by atoms with Crippen LogP contribution in [0.2, 0.25) is 0 Å². The third-order valence-corrected chi connectivity index (χ3v) is 4.03. The summed E-state index contributed by atoms with van der Waals surface area (Å²) in [6.07, 6.45) is 0. The molecule has 0 fully saturated rings. The lowest BCUT2D eigenvalue weighted by Gasteiger charge is -2.14. The summed E-state index contributed by atoms with van der Waals surface area (Å²) in [6, 6.07) is 7.95. The molecular weight excluding hydrogens is 292 g/mol. The number of hydrogen-bond donors (Lipinski definition) is 1. The lowest BCUT2D eigenvalue weighted by Crippen LogP contribution is -2.26. The van der Waals surface area contributed by atoms with Gasteiger partial charge in [-0.05, 0) is 37.7 Å². The zero-order valence-corrected chi connectivity index (χ0v) is 13.0. The van der Waals surface area contributed by atoms with Gasteiger partial charge in [-0.1, -0.05) is 41.9 Å². The molecule has 0 saturated carbocycles. The number of nitrogens with one attached hydrogen (secondary N) is 1. The van der Waals surface area contributed by atoms with Gasteiger partial charge in [-0.3, -0.25) is 4.79 Å². The molecule has 1 rings (SSSR count). The van der Waals surface area contributed by atoms with Crippen molar-refractivity contribution in [2.24, 2.45) is 5.92 Å². The van der Waals surface area contributed by atoms with Crippen LogP contribution in [0.5, 0.6) is 0 Å². The predicted octanol–water partition coefficient (Wildman–Crippen LogP) is 3.11. The first-order valence-electron chi connectivity index (χ1n) is 6.08. The highest BCUT2D eigenvalue weighted by molar-refractivity contribution is 9.10. The van der Waals surface area contributed by atoms with Crippen molar-refractivity contribution in [3.63, 3.8) is 0 Å². The molecule has 0 bridgehead atoms. The van der Waals surface area contributed by atoms with Crippen LogP contribution in [0.4, 0.5) is 5.69 Å². The second-order valence-electron chi connectivity index (χ2n) is 5.07. The normalized spacial score (nSPS) is 12.8. The molecule has 0 spiro atoms. The average Bonchev–Trinajstić information content (AvgIpc) is 2.29. The Balaban J connectivity index is 2.61. The van der Waals surface area contributed by atoms with E-state index in [2.05, 4.69) is 26.1 Å². The molecule has 100 valence electrons. The molecule has 1 aromatic carbocycles. The summed E-state index contributed by atoms with van der Waals surface area (Å²) in [7, 11) is 4.07. The SMILES string of the molecule is CC(C)C(Br)C(=O)Nc1ccc(CN(C)C)cc1. The number of hydrogen-bond acceptors (Lipinski definition) is 2. The lowest BCUT2D eigenvalue weighted by molar-refractivity contribution is -0.116. The standard InChI is InChI=1S/C14H21BrN2O/c1-10(2)13(15)14(18)16-12-7-5-11(6-8-12)9-17(3)4/h5-8,10,13H,9H2,1-4H3,(H,16,18). The van der Waals surface area contributed by atoms with Crippen molar-refractivity contribution in [2.45, 2.75) is 25.2 Å². The number of amides is 1. The number of benzene rings is 1. The summed E-state index contributed by atoms with van der Waals surface area (Å²) in [5.74, 6) is 0.281. The van der Waals surface area contributed by atoms with Crippen molar-refractivity contribution in [2.75, 3.05) is 19.4 Å². The van der Waals surface area contributed by atoms with Gasteiger partial charge in [-0.15, -0.1) is 0 Å². The van der Waals surface area contributed by atoms with Gasteiger partial charge < -0.3 is 10.2 Å². The van der Waals surface area contributed by atoms with Crippen LogP contribution in [0.3, 0.4) is 0 Å². The van der Waals surface area contributed by atoms with Gasteiger partial charge in [0, 0.05) is 12.2 Å². The molecule has 4 heteroatoms. The first-order valence-corrected chi connectivity index (χ1v) is 7.00. The van der Waals surface area contributed by atoms with Crippen molar-refractivity contribution in [3.05, 3.63) is 29.8 Å². The van der Waals surface area contributed by atoms with E-state index in [0.717, 1.165) is 12.2 Å². The van der Waals surface area contributed by atoms with Crippen LogP contribution in [0, 0.1) is 5.92 Å². The summed E-state index contributed by atoms with van der Waals surface area (Å²) in [6.45, 7) is 4.93. The average molecular weight is 313 g/mol. The molecule has 18 heavy (non-hydrogen) atoms. The van der Waals surface area contributed by atoms with Crippen molar-refractivity contribution < 1.29 is 4.79 Å². The van der Waals surface area contributed by atoms with Gasteiger partial charge in [-0.25, -0.2) is 0 Å². The number of carbonyl (C=O) groups is 1. The molecule has 1 unspecified atom stereocenters. The molecule has 0 radical (unpaired) electrons. The number of carbonyl (C=O) groups excluding carboxylic acids is 1. The topological polar surface area (TPSA) is 32.3 Å². The van der Waals surface area contributed by atoms with Crippen molar-refractivity contribution in [3.8, 4) is 0 Å². The predicted molar refractivity (Wildman–Crippen MR) is 80.0 cm³/mol. The number of halogens is 1. The van der Waals surface area contributed by atoms with Crippen LogP contribution in [0.25, 0.3) is 0 Å². The fourth-order valence-corrected chi connectivity index (χ4v) is 1.69. The van der Waals surface area contributed by atoms with E-state index in [0.29, 0.717) is 0 Å². The van der Waals surface area contributed by atoms with E-state index < -0.39 is 0 Å². The van der Waals surface area contributed by atoms with E-state index in [1.165, 1.54) is 5.56 Å². The third-order valence-electron chi connectivity index (χ3n) is 2.56. The summed E-state index contributed by atoms with van der Waals surface area (Å²) in [4.78, 5) is 13.8. The second kappa shape index (κ2) is 6.90. The van der Waals surface area contributed by atoms with Gasteiger partial charge in [0.25, 0.3) is 0 Å². The summed E-state index contributed by atoms with van der Waals surface area (Å²) >= 11 is 3.39. The fraction of sp³-hybridized carbons (Fsp3) is 0.500. The lowest BCUT2D eigenvalue weighted by atomic mass is 10.1. The van der Waals surface area contributed by atoms with E-state index in [9.17, 15) is 4.79 Å². The molecule has 0 saturated heterocycles. The molecule has 1 aromatic rings. The molecule has 0 aliphatic heterocycles. The summed E-state index contributed by atoms with van der Waals surface area (Å²) < 4.78 is 0. The largest absolute Gasteiger partial charge is 0.325 e. The minimum Gasteiger partial charge on any atom is -0.325 e. The van der Waals surface area contributed by atoms with Gasteiger partial charge in [0.2, 0.25) is 5.91 Å². The van der Waals surface area contributed by atoms with Crippen molar-refractivity contribution in [1.29, 1.82) is 0 Å². The Kier molecular flexibility index (Phi) is 5.82. The number of nitrogens with zero attached hydrogens (tertiary/aromatic N) is 1. The van der Waals surface area contributed by atoms with Crippen LogP contribution in [0.15, 0.2) is 24.3 Å². The minimum atomic E-state index is -0.154. The molecular formula is C14H21BrN2O. The maximum Gasteiger partial charge on any atom is 0.238 e. The van der Waals surface area contributed by atoms with Gasteiger partial charge in [-0.2, -0.15) is 0 Å². The highest BCUT2D eigenvalue weighted by Gasteiger charge is 2.18. The third kappa shape index (κ3) is 4.78. The van der Waals surface area contributed by atoms with E-state index in [4.69, 9.17) is 0 Å². The Morgan fingerprint density at radius 1 is 1.28 bits per heavy atom. The Morgan fingerprint density at radius 3 is 2.28 bits per heavy atom. The van der Waals surface area contributed by atoms with Crippen LogP contribution >= 0.6 is 15.9 Å². The van der Waals surface area contributed by atoms with E-state index in [-0.39, 0.29) is 16.7 Å². The molecule has 1 atom stereocenters. The van der Waals surface area contributed by atoms with Crippen LogP contribution < -0.4 is 5.32 Å². The monoisotopic (exact) mass is 312 g/mol. The molecule has 0 heterocycles. The fourth-order valence-electron chi connectivity index (χ4n) is 1.57. The molecule has 0 aliphatic rings. The zero-order valence-electron chi connectivity index (χ0n) is 11.4. The Labute approximate surface area is 118 Å². The Morgan fingerprint density at radius 2 is 1.83 bits per heavy atom. The van der Waals surface area contributed by atoms with Crippen molar-refractivity contribution >= 4 is 27.5 Å². The number of rotatable bonds is 5. The smallest absolute Gasteiger partial charge is 0.238 e. The molecule has 3 nitrogen and oxygen atoms in total. The maximum atomic E-state index is 11.9. The molecule has 1 amide bonds. The van der Waals surface area contributed by atoms with E-state index in [1.807, 2.05) is 52.2 Å². The summed E-state index contributed by atoms with van der Waals surface area (Å²) in [5, 5.41) is 2.90. The van der Waals surface area contributed by atoms with Crippen molar-refractivity contribution in [1.82, 2.24) is 4.90 Å². The zero-order chi connectivity index (χ0) is 13.7. The van der Waals surface area contributed by atoms with Crippen LogP contribution in [-0.4, -0.2) is 29.7 Å². The van der Waals surface area contributed by atoms with Crippen LogP contribution in [0.1, 0.15) is 19.4 Å². The molecule has 0 aromatic heterocycles. The van der Waals surface area contributed by atoms with E-state index >= 15 is 0 Å². The highest BCUT2D eigenvalue weighted by atomic mass is 79.9.